The Balaban J connectivity index is 2.42. The van der Waals surface area contributed by atoms with Crippen LogP contribution in [0.1, 0.15) is 26.3 Å². The summed E-state index contributed by atoms with van der Waals surface area (Å²) in [6.07, 6.45) is 1.02. The Labute approximate surface area is 101 Å². The van der Waals surface area contributed by atoms with Gasteiger partial charge in [-0.05, 0) is 30.1 Å². The van der Waals surface area contributed by atoms with E-state index in [0.717, 1.165) is 13.0 Å². The molecule has 0 aliphatic rings. The number of hydrogen-bond acceptors (Lipinski definition) is 1. The van der Waals surface area contributed by atoms with Gasteiger partial charge in [0.1, 0.15) is 0 Å². The van der Waals surface area contributed by atoms with Crippen LogP contribution in [-0.2, 0) is 10.8 Å². The number of hydrogen-bond donors (Lipinski definition) is 0. The highest BCUT2D eigenvalue weighted by molar-refractivity contribution is 6.74. The van der Waals surface area contributed by atoms with Gasteiger partial charge in [0.05, 0.1) is 0 Å². The summed E-state index contributed by atoms with van der Waals surface area (Å²) in [4.78, 5) is 0. The maximum absolute atomic E-state index is 6.14. The molecular weight excluding hydrogens is 212 g/mol. The highest BCUT2D eigenvalue weighted by Crippen LogP contribution is 2.36. The first-order valence-corrected chi connectivity index (χ1v) is 8.92. The molecule has 0 saturated heterocycles. The number of benzene rings is 1. The summed E-state index contributed by atoms with van der Waals surface area (Å²) in [6.45, 7) is 12.3. The first kappa shape index (κ1) is 13.5. The SMILES string of the molecule is CC(C)(C)[Si](C)(C)OCCc1ccccc1. The molecule has 90 valence electrons. The second kappa shape index (κ2) is 5.15. The molecule has 0 bridgehead atoms. The summed E-state index contributed by atoms with van der Waals surface area (Å²) < 4.78 is 6.14. The molecule has 0 fully saturated rings. The molecule has 0 spiro atoms. The second-order valence-corrected chi connectivity index (χ2v) is 10.7. The van der Waals surface area contributed by atoms with Crippen molar-refractivity contribution >= 4 is 8.32 Å². The van der Waals surface area contributed by atoms with Crippen molar-refractivity contribution in [2.45, 2.75) is 45.3 Å². The van der Waals surface area contributed by atoms with E-state index >= 15 is 0 Å². The fraction of sp³-hybridized carbons (Fsp3) is 0.571. The predicted molar refractivity (Wildman–Crippen MR) is 73.3 cm³/mol. The van der Waals surface area contributed by atoms with E-state index < -0.39 is 8.32 Å². The third kappa shape index (κ3) is 3.76. The summed E-state index contributed by atoms with van der Waals surface area (Å²) >= 11 is 0. The number of rotatable bonds is 4. The molecule has 0 heterocycles. The molecule has 16 heavy (non-hydrogen) atoms. The van der Waals surface area contributed by atoms with Gasteiger partial charge in [-0.3, -0.25) is 0 Å². The third-order valence-corrected chi connectivity index (χ3v) is 8.04. The zero-order chi connectivity index (χ0) is 12.2. The highest BCUT2D eigenvalue weighted by atomic mass is 28.4. The Morgan fingerprint density at radius 1 is 1.06 bits per heavy atom. The van der Waals surface area contributed by atoms with Crippen molar-refractivity contribution in [1.82, 2.24) is 0 Å². The zero-order valence-electron chi connectivity index (χ0n) is 11.2. The normalized spacial score (nSPS) is 12.8. The smallest absolute Gasteiger partial charge is 0.191 e. The lowest BCUT2D eigenvalue weighted by Crippen LogP contribution is -2.41. The lowest BCUT2D eigenvalue weighted by molar-refractivity contribution is 0.292. The molecule has 0 aromatic heterocycles. The van der Waals surface area contributed by atoms with E-state index in [1.807, 2.05) is 0 Å². The van der Waals surface area contributed by atoms with Crippen molar-refractivity contribution in [3.63, 3.8) is 0 Å². The molecule has 0 radical (unpaired) electrons. The van der Waals surface area contributed by atoms with E-state index in [-0.39, 0.29) is 0 Å². The van der Waals surface area contributed by atoms with E-state index in [2.05, 4.69) is 64.2 Å². The first-order chi connectivity index (χ1) is 7.33. The molecular formula is C14H24OSi. The first-order valence-electron chi connectivity index (χ1n) is 6.01. The van der Waals surface area contributed by atoms with Gasteiger partial charge in [-0.1, -0.05) is 51.1 Å². The van der Waals surface area contributed by atoms with Crippen molar-refractivity contribution < 1.29 is 4.43 Å². The maximum Gasteiger partial charge on any atom is 0.191 e. The molecule has 1 aromatic carbocycles. The van der Waals surface area contributed by atoms with Crippen molar-refractivity contribution in [3.05, 3.63) is 35.9 Å². The van der Waals surface area contributed by atoms with E-state index in [9.17, 15) is 0 Å². The molecule has 1 rings (SSSR count). The van der Waals surface area contributed by atoms with Crippen LogP contribution >= 0.6 is 0 Å². The third-order valence-electron chi connectivity index (χ3n) is 3.50. The second-order valence-electron chi connectivity index (χ2n) is 5.84. The van der Waals surface area contributed by atoms with Crippen molar-refractivity contribution in [1.29, 1.82) is 0 Å². The van der Waals surface area contributed by atoms with Gasteiger partial charge in [0, 0.05) is 6.61 Å². The lowest BCUT2D eigenvalue weighted by Gasteiger charge is -2.36. The van der Waals surface area contributed by atoms with E-state index in [0.29, 0.717) is 5.04 Å². The highest BCUT2D eigenvalue weighted by Gasteiger charge is 2.36. The van der Waals surface area contributed by atoms with Crippen molar-refractivity contribution in [2.24, 2.45) is 0 Å². The summed E-state index contributed by atoms with van der Waals surface area (Å²) in [6, 6.07) is 10.5. The molecule has 2 heteroatoms. The fourth-order valence-electron chi connectivity index (χ4n) is 1.29. The van der Waals surface area contributed by atoms with Gasteiger partial charge in [0.2, 0.25) is 0 Å². The van der Waals surface area contributed by atoms with Crippen LogP contribution in [0.5, 0.6) is 0 Å². The Kier molecular flexibility index (Phi) is 4.33. The van der Waals surface area contributed by atoms with Gasteiger partial charge in [0.15, 0.2) is 8.32 Å². The van der Waals surface area contributed by atoms with Crippen LogP contribution in [0.4, 0.5) is 0 Å². The van der Waals surface area contributed by atoms with Crippen molar-refractivity contribution in [3.8, 4) is 0 Å². The molecule has 1 nitrogen and oxygen atoms in total. The molecule has 0 saturated carbocycles. The van der Waals surface area contributed by atoms with E-state index in [1.165, 1.54) is 5.56 Å². The van der Waals surface area contributed by atoms with Gasteiger partial charge in [0.25, 0.3) is 0 Å². The Hall–Kier alpha value is -0.603. The van der Waals surface area contributed by atoms with Crippen LogP contribution in [0.3, 0.4) is 0 Å². The van der Waals surface area contributed by atoms with E-state index in [1.54, 1.807) is 0 Å². The van der Waals surface area contributed by atoms with Crippen LogP contribution in [-0.4, -0.2) is 14.9 Å². The van der Waals surface area contributed by atoms with Gasteiger partial charge >= 0.3 is 0 Å². The van der Waals surface area contributed by atoms with Crippen LogP contribution in [0.2, 0.25) is 18.1 Å². The molecule has 0 atom stereocenters. The Morgan fingerprint density at radius 2 is 1.62 bits per heavy atom. The minimum Gasteiger partial charge on any atom is -0.416 e. The predicted octanol–water partition coefficient (Wildman–Crippen LogP) is 4.25. The Morgan fingerprint density at radius 3 is 2.12 bits per heavy atom. The average molecular weight is 236 g/mol. The summed E-state index contributed by atoms with van der Waals surface area (Å²) in [5.41, 5.74) is 1.36. The standard InChI is InChI=1S/C14H24OSi/c1-14(2,3)16(4,5)15-12-11-13-9-7-6-8-10-13/h6-10H,11-12H2,1-5H3. The van der Waals surface area contributed by atoms with Crippen LogP contribution in [0, 0.1) is 0 Å². The minimum atomic E-state index is -1.56. The van der Waals surface area contributed by atoms with Crippen LogP contribution in [0.15, 0.2) is 30.3 Å². The summed E-state index contributed by atoms with van der Waals surface area (Å²) in [5.74, 6) is 0. The molecule has 1 aromatic rings. The van der Waals surface area contributed by atoms with Gasteiger partial charge < -0.3 is 4.43 Å². The molecule has 0 aliphatic heterocycles. The van der Waals surface area contributed by atoms with Crippen molar-refractivity contribution in [2.75, 3.05) is 6.61 Å². The Bertz CT molecular complexity index is 311. The monoisotopic (exact) mass is 236 g/mol. The van der Waals surface area contributed by atoms with Crippen LogP contribution < -0.4 is 0 Å². The average Bonchev–Trinajstić information content (AvgIpc) is 2.17. The van der Waals surface area contributed by atoms with Gasteiger partial charge in [-0.15, -0.1) is 0 Å². The summed E-state index contributed by atoms with van der Waals surface area (Å²) in [7, 11) is -1.56. The molecule has 0 aliphatic carbocycles. The fourth-order valence-corrected chi connectivity index (χ4v) is 2.33. The quantitative estimate of drug-likeness (QED) is 0.710. The molecule has 0 unspecified atom stereocenters. The molecule has 0 N–H and O–H groups in total. The maximum atomic E-state index is 6.14. The topological polar surface area (TPSA) is 9.23 Å². The van der Waals surface area contributed by atoms with Gasteiger partial charge in [-0.25, -0.2) is 0 Å². The van der Waals surface area contributed by atoms with Gasteiger partial charge in [-0.2, -0.15) is 0 Å². The zero-order valence-corrected chi connectivity index (χ0v) is 12.2. The summed E-state index contributed by atoms with van der Waals surface area (Å²) in [5, 5.41) is 0.309. The largest absolute Gasteiger partial charge is 0.416 e. The molecule has 0 amide bonds. The lowest BCUT2D eigenvalue weighted by atomic mass is 10.2. The van der Waals surface area contributed by atoms with E-state index in [4.69, 9.17) is 4.43 Å². The minimum absolute atomic E-state index is 0.309. The van der Waals surface area contributed by atoms with Crippen LogP contribution in [0.25, 0.3) is 0 Å².